The highest BCUT2D eigenvalue weighted by Crippen LogP contribution is 2.14. The van der Waals surface area contributed by atoms with E-state index in [1.54, 1.807) is 67.8 Å². The number of carbonyl (C=O) groups is 2. The van der Waals surface area contributed by atoms with Crippen LogP contribution in [-0.2, 0) is 0 Å². The zero-order valence-corrected chi connectivity index (χ0v) is 14.5. The first-order valence-electron chi connectivity index (χ1n) is 8.08. The Labute approximate surface area is 155 Å². The Bertz CT molecular complexity index is 930. The van der Waals surface area contributed by atoms with Gasteiger partial charge in [0.15, 0.2) is 0 Å². The summed E-state index contributed by atoms with van der Waals surface area (Å²) in [5.74, 6) is 0.590. The molecule has 3 rings (SSSR count). The lowest BCUT2D eigenvalue weighted by molar-refractivity contribution is 0.0954. The minimum absolute atomic E-state index is 0.252. The van der Waals surface area contributed by atoms with Crippen molar-refractivity contribution in [2.75, 3.05) is 12.4 Å². The van der Waals surface area contributed by atoms with E-state index in [2.05, 4.69) is 15.8 Å². The van der Waals surface area contributed by atoms with E-state index < -0.39 is 0 Å². The second-order valence-electron chi connectivity index (χ2n) is 5.47. The summed E-state index contributed by atoms with van der Waals surface area (Å²) in [6, 6.07) is 16.7. The fourth-order valence-corrected chi connectivity index (χ4v) is 2.23. The number of hydrogen-bond donors (Lipinski definition) is 2. The predicted molar refractivity (Wildman–Crippen MR) is 101 cm³/mol. The molecule has 0 fully saturated rings. The molecule has 3 aromatic rings. The smallest absolute Gasteiger partial charge is 0.271 e. The maximum Gasteiger partial charge on any atom is 0.271 e. The van der Waals surface area contributed by atoms with Gasteiger partial charge >= 0.3 is 0 Å². The standard InChI is InChI=1S/C20H17N3O4/c1-26-17-10-6-14(7-11-17)19(24)22-16-8-4-15(5-9-16)20(25)23-21-13-18-3-2-12-27-18/h2-13H,1H3,(H,22,24)(H,23,25)/b21-13-. The van der Waals surface area contributed by atoms with Crippen LogP contribution in [0.4, 0.5) is 5.69 Å². The first kappa shape index (κ1) is 17.9. The van der Waals surface area contributed by atoms with Gasteiger partial charge in [-0.05, 0) is 60.7 Å². The van der Waals surface area contributed by atoms with Crippen LogP contribution in [0, 0.1) is 0 Å². The Hall–Kier alpha value is -3.87. The number of nitrogens with zero attached hydrogens (tertiary/aromatic N) is 1. The van der Waals surface area contributed by atoms with Crippen LogP contribution in [0.15, 0.2) is 76.4 Å². The fourth-order valence-electron chi connectivity index (χ4n) is 2.23. The van der Waals surface area contributed by atoms with Gasteiger partial charge in [-0.2, -0.15) is 5.10 Å². The van der Waals surface area contributed by atoms with Gasteiger partial charge in [0.1, 0.15) is 11.5 Å². The third-order valence-corrected chi connectivity index (χ3v) is 3.66. The van der Waals surface area contributed by atoms with E-state index in [4.69, 9.17) is 9.15 Å². The van der Waals surface area contributed by atoms with Gasteiger partial charge in [0.25, 0.3) is 11.8 Å². The van der Waals surface area contributed by atoms with Crippen molar-refractivity contribution in [1.29, 1.82) is 0 Å². The number of benzene rings is 2. The summed E-state index contributed by atoms with van der Waals surface area (Å²) in [6.07, 6.45) is 2.92. The monoisotopic (exact) mass is 363 g/mol. The molecule has 0 aliphatic carbocycles. The number of methoxy groups -OCH3 is 1. The van der Waals surface area contributed by atoms with Crippen LogP contribution in [0.2, 0.25) is 0 Å². The minimum atomic E-state index is -0.370. The van der Waals surface area contributed by atoms with E-state index in [-0.39, 0.29) is 11.8 Å². The molecular formula is C20H17N3O4. The van der Waals surface area contributed by atoms with Gasteiger partial charge < -0.3 is 14.5 Å². The second kappa shape index (κ2) is 8.48. The molecule has 0 saturated heterocycles. The van der Waals surface area contributed by atoms with Crippen LogP contribution in [0.1, 0.15) is 26.5 Å². The number of carbonyl (C=O) groups excluding carboxylic acids is 2. The molecule has 136 valence electrons. The number of hydrazone groups is 1. The molecule has 2 N–H and O–H groups in total. The summed E-state index contributed by atoms with van der Waals surface area (Å²) in [5.41, 5.74) is 3.90. The highest BCUT2D eigenvalue weighted by molar-refractivity contribution is 6.04. The molecule has 1 heterocycles. The van der Waals surface area contributed by atoms with E-state index in [9.17, 15) is 9.59 Å². The molecule has 0 radical (unpaired) electrons. The molecule has 7 heteroatoms. The molecule has 2 amide bonds. The first-order valence-corrected chi connectivity index (χ1v) is 8.08. The Morgan fingerprint density at radius 2 is 1.63 bits per heavy atom. The number of ether oxygens (including phenoxy) is 1. The van der Waals surface area contributed by atoms with Crippen LogP contribution in [0.5, 0.6) is 5.75 Å². The average Bonchev–Trinajstić information content (AvgIpc) is 3.22. The van der Waals surface area contributed by atoms with Gasteiger partial charge in [-0.1, -0.05) is 0 Å². The topological polar surface area (TPSA) is 92.9 Å². The summed E-state index contributed by atoms with van der Waals surface area (Å²) >= 11 is 0. The van der Waals surface area contributed by atoms with Crippen LogP contribution in [0.25, 0.3) is 0 Å². The van der Waals surface area contributed by atoms with Crippen molar-refractivity contribution in [1.82, 2.24) is 5.43 Å². The highest BCUT2D eigenvalue weighted by Gasteiger charge is 2.08. The van der Waals surface area contributed by atoms with Crippen LogP contribution >= 0.6 is 0 Å². The van der Waals surface area contributed by atoms with Crippen LogP contribution in [-0.4, -0.2) is 25.1 Å². The summed E-state index contributed by atoms with van der Waals surface area (Å²) in [6.45, 7) is 0. The van der Waals surface area contributed by atoms with Crippen molar-refractivity contribution in [2.45, 2.75) is 0 Å². The molecule has 1 aromatic heterocycles. The van der Waals surface area contributed by atoms with Crippen LogP contribution < -0.4 is 15.5 Å². The molecule has 0 bridgehead atoms. The third-order valence-electron chi connectivity index (χ3n) is 3.66. The molecule has 0 spiro atoms. The summed E-state index contributed by atoms with van der Waals surface area (Å²) < 4.78 is 10.1. The molecule has 27 heavy (non-hydrogen) atoms. The van der Waals surface area contributed by atoms with E-state index >= 15 is 0 Å². The van der Waals surface area contributed by atoms with Gasteiger partial charge in [0.05, 0.1) is 19.6 Å². The van der Waals surface area contributed by atoms with Crippen molar-refractivity contribution in [2.24, 2.45) is 5.10 Å². The van der Waals surface area contributed by atoms with Gasteiger partial charge in [0.2, 0.25) is 0 Å². The maximum absolute atomic E-state index is 12.2. The minimum Gasteiger partial charge on any atom is -0.497 e. The number of rotatable bonds is 6. The van der Waals surface area contributed by atoms with Gasteiger partial charge in [0, 0.05) is 16.8 Å². The molecule has 0 unspecified atom stereocenters. The number of anilines is 1. The van der Waals surface area contributed by atoms with Crippen molar-refractivity contribution < 1.29 is 18.7 Å². The number of hydrogen-bond acceptors (Lipinski definition) is 5. The second-order valence-corrected chi connectivity index (χ2v) is 5.47. The SMILES string of the molecule is COc1ccc(C(=O)Nc2ccc(C(=O)N/N=C\c3ccco3)cc2)cc1. The van der Waals surface area contributed by atoms with Gasteiger partial charge in [-0.15, -0.1) is 0 Å². The molecular weight excluding hydrogens is 346 g/mol. The molecule has 0 saturated carbocycles. The number of furan rings is 1. The van der Waals surface area contributed by atoms with E-state index in [0.717, 1.165) is 0 Å². The summed E-state index contributed by atoms with van der Waals surface area (Å²) in [5, 5.41) is 6.59. The lowest BCUT2D eigenvalue weighted by atomic mass is 10.1. The van der Waals surface area contributed by atoms with Crippen molar-refractivity contribution in [3.8, 4) is 5.75 Å². The van der Waals surface area contributed by atoms with E-state index in [0.29, 0.717) is 28.3 Å². The normalized spacial score (nSPS) is 10.6. The van der Waals surface area contributed by atoms with E-state index in [1.807, 2.05) is 0 Å². The Morgan fingerprint density at radius 1 is 0.963 bits per heavy atom. The Balaban J connectivity index is 1.57. The first-order chi connectivity index (χ1) is 13.2. The van der Waals surface area contributed by atoms with Gasteiger partial charge in [-0.25, -0.2) is 5.43 Å². The fraction of sp³-hybridized carbons (Fsp3) is 0.0500. The lowest BCUT2D eigenvalue weighted by Crippen LogP contribution is -2.17. The highest BCUT2D eigenvalue weighted by atomic mass is 16.5. The molecule has 7 nitrogen and oxygen atoms in total. The van der Waals surface area contributed by atoms with Crippen molar-refractivity contribution in [3.63, 3.8) is 0 Å². The maximum atomic E-state index is 12.2. The largest absolute Gasteiger partial charge is 0.497 e. The van der Waals surface area contributed by atoms with Crippen molar-refractivity contribution in [3.05, 3.63) is 83.8 Å². The summed E-state index contributed by atoms with van der Waals surface area (Å²) in [7, 11) is 1.56. The predicted octanol–water partition coefficient (Wildman–Crippen LogP) is 3.30. The Kier molecular flexibility index (Phi) is 5.64. The number of nitrogens with one attached hydrogen (secondary N) is 2. The Morgan fingerprint density at radius 3 is 2.26 bits per heavy atom. The third kappa shape index (κ3) is 4.82. The molecule has 0 atom stereocenters. The van der Waals surface area contributed by atoms with Crippen LogP contribution in [0.3, 0.4) is 0 Å². The lowest BCUT2D eigenvalue weighted by Gasteiger charge is -2.07. The molecule has 0 aliphatic heterocycles. The molecule has 0 aliphatic rings. The zero-order chi connectivity index (χ0) is 19.1. The number of amides is 2. The quantitative estimate of drug-likeness (QED) is 0.519. The van der Waals surface area contributed by atoms with Gasteiger partial charge in [-0.3, -0.25) is 9.59 Å². The van der Waals surface area contributed by atoms with E-state index in [1.165, 1.54) is 12.5 Å². The zero-order valence-electron chi connectivity index (χ0n) is 14.5. The average molecular weight is 363 g/mol. The molecule has 2 aromatic carbocycles. The summed E-state index contributed by atoms with van der Waals surface area (Å²) in [4.78, 5) is 24.3. The van der Waals surface area contributed by atoms with Crippen molar-refractivity contribution >= 4 is 23.7 Å².